The molecule has 0 radical (unpaired) electrons. The van der Waals surface area contributed by atoms with E-state index in [1.54, 1.807) is 0 Å². The van der Waals surface area contributed by atoms with Crippen molar-refractivity contribution >= 4 is 17.5 Å². The number of anilines is 1. The number of fused-ring (bicyclic) bond motifs is 2. The topological polar surface area (TPSA) is 49.4 Å². The molecule has 31 heavy (non-hydrogen) atoms. The highest BCUT2D eigenvalue weighted by molar-refractivity contribution is 6.02. The molecule has 0 aromatic heterocycles. The van der Waals surface area contributed by atoms with Crippen LogP contribution >= 0.6 is 0 Å². The molecule has 2 aromatic carbocycles. The predicted molar refractivity (Wildman–Crippen MR) is 123 cm³/mol. The molecule has 2 aliphatic carbocycles. The van der Waals surface area contributed by atoms with E-state index in [9.17, 15) is 9.59 Å². The zero-order chi connectivity index (χ0) is 21.8. The van der Waals surface area contributed by atoms with E-state index in [1.807, 2.05) is 18.7 Å². The monoisotopic (exact) mass is 416 g/mol. The lowest BCUT2D eigenvalue weighted by molar-refractivity contribution is -0.159. The zero-order valence-electron chi connectivity index (χ0n) is 18.8. The van der Waals surface area contributed by atoms with Gasteiger partial charge in [0.25, 0.3) is 0 Å². The van der Waals surface area contributed by atoms with Gasteiger partial charge in [0.15, 0.2) is 0 Å². The van der Waals surface area contributed by atoms with E-state index < -0.39 is 5.54 Å². The number of carbonyl (C=O) groups excluding carboxylic acids is 2. The van der Waals surface area contributed by atoms with Crippen LogP contribution in [0.1, 0.15) is 53.5 Å². The molecule has 2 amide bonds. The smallest absolute Gasteiger partial charge is 0.250 e. The van der Waals surface area contributed by atoms with Gasteiger partial charge in [-0.05, 0) is 87.0 Å². The number of β-lactam (4-membered cyclic amide) rings is 1. The summed E-state index contributed by atoms with van der Waals surface area (Å²) in [5, 5.41) is 3.27. The second kappa shape index (κ2) is 7.51. The van der Waals surface area contributed by atoms with Gasteiger partial charge in [-0.1, -0.05) is 42.0 Å². The maximum Gasteiger partial charge on any atom is 0.250 e. The molecule has 3 aliphatic rings. The van der Waals surface area contributed by atoms with Crippen molar-refractivity contribution in [3.8, 4) is 0 Å². The molecule has 1 saturated heterocycles. The first-order chi connectivity index (χ1) is 14.9. The van der Waals surface area contributed by atoms with Crippen LogP contribution in [0.15, 0.2) is 36.4 Å². The SMILES string of the molecule is Cc1cc(C)c(NC(=O)[C@]2(N3CCC3=O)CC[C@@H]3Cc4ccccc4C[C@@H]3C2)c(C)c1. The van der Waals surface area contributed by atoms with Crippen LogP contribution in [0.25, 0.3) is 0 Å². The molecular formula is C27H32N2O2. The molecule has 0 unspecified atom stereocenters. The van der Waals surface area contributed by atoms with Gasteiger partial charge in [-0.25, -0.2) is 0 Å². The van der Waals surface area contributed by atoms with E-state index >= 15 is 0 Å². The van der Waals surface area contributed by atoms with E-state index in [-0.39, 0.29) is 11.8 Å². The molecule has 5 rings (SSSR count). The zero-order valence-corrected chi connectivity index (χ0v) is 18.8. The summed E-state index contributed by atoms with van der Waals surface area (Å²) in [7, 11) is 0. The summed E-state index contributed by atoms with van der Waals surface area (Å²) in [6, 6.07) is 12.9. The Labute approximate surface area is 185 Å². The number of nitrogens with zero attached hydrogens (tertiary/aromatic N) is 1. The Bertz CT molecular complexity index is 1040. The number of likely N-dealkylation sites (tertiary alicyclic amines) is 1. The Morgan fingerprint density at radius 3 is 2.26 bits per heavy atom. The second-order valence-corrected chi connectivity index (χ2v) is 9.99. The van der Waals surface area contributed by atoms with Crippen LogP contribution < -0.4 is 5.32 Å². The van der Waals surface area contributed by atoms with Crippen molar-refractivity contribution in [2.24, 2.45) is 11.8 Å². The number of carbonyl (C=O) groups is 2. The van der Waals surface area contributed by atoms with Crippen LogP contribution in [0.2, 0.25) is 0 Å². The van der Waals surface area contributed by atoms with Crippen molar-refractivity contribution in [3.63, 3.8) is 0 Å². The minimum atomic E-state index is -0.716. The molecule has 1 N–H and O–H groups in total. The molecule has 3 atom stereocenters. The molecule has 4 heteroatoms. The predicted octanol–water partition coefficient (Wildman–Crippen LogP) is 4.74. The van der Waals surface area contributed by atoms with Gasteiger partial charge in [0, 0.05) is 18.7 Å². The van der Waals surface area contributed by atoms with Crippen LogP contribution in [0.5, 0.6) is 0 Å². The Kier molecular flexibility index (Phi) is 4.91. The van der Waals surface area contributed by atoms with Crippen LogP contribution in [0.3, 0.4) is 0 Å². The molecule has 2 aromatic rings. The van der Waals surface area contributed by atoms with Crippen LogP contribution in [-0.4, -0.2) is 28.8 Å². The number of rotatable bonds is 3. The largest absolute Gasteiger partial charge is 0.327 e. The normalized spacial score (nSPS) is 27.2. The van der Waals surface area contributed by atoms with Crippen molar-refractivity contribution < 1.29 is 9.59 Å². The van der Waals surface area contributed by atoms with Gasteiger partial charge in [0.1, 0.15) is 5.54 Å². The molecule has 1 aliphatic heterocycles. The highest BCUT2D eigenvalue weighted by atomic mass is 16.2. The Hall–Kier alpha value is -2.62. The maximum absolute atomic E-state index is 13.9. The van der Waals surface area contributed by atoms with Crippen molar-refractivity contribution in [3.05, 3.63) is 64.2 Å². The van der Waals surface area contributed by atoms with E-state index in [1.165, 1.54) is 16.7 Å². The average molecular weight is 417 g/mol. The fourth-order valence-electron chi connectivity index (χ4n) is 6.34. The highest BCUT2D eigenvalue weighted by Gasteiger charge is 2.54. The third-order valence-electron chi connectivity index (χ3n) is 7.98. The quantitative estimate of drug-likeness (QED) is 0.735. The summed E-state index contributed by atoms with van der Waals surface area (Å²) < 4.78 is 0. The number of hydrogen-bond donors (Lipinski definition) is 1. The Balaban J connectivity index is 1.46. The summed E-state index contributed by atoms with van der Waals surface area (Å²) in [6.07, 6.45) is 5.21. The lowest BCUT2D eigenvalue weighted by Gasteiger charge is -2.53. The van der Waals surface area contributed by atoms with Crippen molar-refractivity contribution in [2.45, 2.75) is 64.8 Å². The number of hydrogen-bond acceptors (Lipinski definition) is 2. The minimum absolute atomic E-state index is 0.00733. The Morgan fingerprint density at radius 2 is 1.68 bits per heavy atom. The molecule has 0 bridgehead atoms. The van der Waals surface area contributed by atoms with E-state index in [2.05, 4.69) is 48.6 Å². The lowest BCUT2D eigenvalue weighted by Crippen LogP contribution is -2.66. The van der Waals surface area contributed by atoms with Gasteiger partial charge in [-0.3, -0.25) is 9.59 Å². The van der Waals surface area contributed by atoms with Crippen LogP contribution in [-0.2, 0) is 22.4 Å². The minimum Gasteiger partial charge on any atom is -0.327 e. The fraction of sp³-hybridized carbons (Fsp3) is 0.481. The highest BCUT2D eigenvalue weighted by Crippen LogP contribution is 2.47. The van der Waals surface area contributed by atoms with Crippen molar-refractivity contribution in [2.75, 3.05) is 11.9 Å². The molecule has 0 spiro atoms. The summed E-state index contributed by atoms with van der Waals surface area (Å²) in [5.41, 5.74) is 6.42. The van der Waals surface area contributed by atoms with Gasteiger partial charge in [0.05, 0.1) is 0 Å². The summed E-state index contributed by atoms with van der Waals surface area (Å²) in [6.45, 7) is 6.87. The number of aryl methyl sites for hydroxylation is 3. The number of amides is 2. The Morgan fingerprint density at radius 1 is 1.03 bits per heavy atom. The molecule has 162 valence electrons. The standard InChI is InChI=1S/C27H32N2O2/c1-17-12-18(2)25(19(3)13-17)28-26(31)27(29-11-9-24(29)30)10-8-22-14-20-6-4-5-7-21(20)15-23(22)16-27/h4-7,12-13,22-23H,8-11,14-16H2,1-3H3,(H,28,31)/t22-,23-,27+/m1/s1. The van der Waals surface area contributed by atoms with Crippen molar-refractivity contribution in [1.29, 1.82) is 0 Å². The fourth-order valence-corrected chi connectivity index (χ4v) is 6.34. The van der Waals surface area contributed by atoms with Gasteiger partial charge < -0.3 is 10.2 Å². The first kappa shape index (κ1) is 20.3. The van der Waals surface area contributed by atoms with Gasteiger partial charge in [0.2, 0.25) is 11.8 Å². The summed E-state index contributed by atoms with van der Waals surface area (Å²) >= 11 is 0. The third kappa shape index (κ3) is 3.37. The molecule has 1 saturated carbocycles. The van der Waals surface area contributed by atoms with E-state index in [0.717, 1.165) is 48.9 Å². The van der Waals surface area contributed by atoms with Gasteiger partial charge in [-0.15, -0.1) is 0 Å². The van der Waals surface area contributed by atoms with Crippen LogP contribution in [0, 0.1) is 32.6 Å². The number of nitrogens with one attached hydrogen (secondary N) is 1. The van der Waals surface area contributed by atoms with Gasteiger partial charge >= 0.3 is 0 Å². The maximum atomic E-state index is 13.9. The molecule has 2 fully saturated rings. The first-order valence-electron chi connectivity index (χ1n) is 11.6. The number of benzene rings is 2. The van der Waals surface area contributed by atoms with E-state index in [4.69, 9.17) is 0 Å². The molecule has 1 heterocycles. The van der Waals surface area contributed by atoms with Crippen molar-refractivity contribution in [1.82, 2.24) is 4.90 Å². The first-order valence-corrected chi connectivity index (χ1v) is 11.6. The third-order valence-corrected chi connectivity index (χ3v) is 7.98. The summed E-state index contributed by atoms with van der Waals surface area (Å²) in [5.74, 6) is 1.19. The second-order valence-electron chi connectivity index (χ2n) is 9.99. The van der Waals surface area contributed by atoms with E-state index in [0.29, 0.717) is 24.8 Å². The van der Waals surface area contributed by atoms with Crippen LogP contribution in [0.4, 0.5) is 5.69 Å². The molecular weight excluding hydrogens is 384 g/mol. The summed E-state index contributed by atoms with van der Waals surface area (Å²) in [4.78, 5) is 28.3. The lowest BCUT2D eigenvalue weighted by atomic mass is 9.62. The van der Waals surface area contributed by atoms with Gasteiger partial charge in [-0.2, -0.15) is 0 Å². The molecule has 4 nitrogen and oxygen atoms in total. The average Bonchev–Trinajstić information content (AvgIpc) is 2.73.